The number of rotatable bonds is 3. The maximum absolute atomic E-state index is 13.7. The summed E-state index contributed by atoms with van der Waals surface area (Å²) in [5.74, 6) is -0.550. The van der Waals surface area contributed by atoms with Crippen LogP contribution in [0, 0.1) is 5.82 Å². The van der Waals surface area contributed by atoms with E-state index in [1.165, 1.54) is 23.1 Å². The van der Waals surface area contributed by atoms with Gasteiger partial charge in [-0.1, -0.05) is 18.2 Å². The Balaban J connectivity index is 2.22. The normalized spacial score (nSPS) is 12.2. The van der Waals surface area contributed by atoms with Crippen molar-refractivity contribution >= 4 is 17.5 Å². The maximum atomic E-state index is 13.7. The molecule has 0 aliphatic carbocycles. The molecule has 1 heterocycles. The lowest BCUT2D eigenvalue weighted by Crippen LogP contribution is -2.29. The van der Waals surface area contributed by atoms with E-state index in [0.29, 0.717) is 5.56 Å². The van der Waals surface area contributed by atoms with Crippen molar-refractivity contribution < 1.29 is 13.6 Å². The zero-order valence-corrected chi connectivity index (χ0v) is 11.3. The average Bonchev–Trinajstić information content (AvgIpc) is 2.83. The van der Waals surface area contributed by atoms with Gasteiger partial charge in [-0.25, -0.2) is 4.39 Å². The number of carbonyl (C=O) groups is 1. The second-order valence-corrected chi connectivity index (χ2v) is 4.59. The third-order valence-electron chi connectivity index (χ3n) is 3.04. The van der Waals surface area contributed by atoms with E-state index >= 15 is 0 Å². The molecule has 1 aromatic heterocycles. The van der Waals surface area contributed by atoms with Crippen molar-refractivity contribution in [2.24, 2.45) is 0 Å². The lowest BCUT2D eigenvalue weighted by Gasteiger charge is -2.24. The lowest BCUT2D eigenvalue weighted by molar-refractivity contribution is 0.0708. The summed E-state index contributed by atoms with van der Waals surface area (Å²) in [6.07, 6.45) is 0. The van der Waals surface area contributed by atoms with Gasteiger partial charge in [0, 0.05) is 12.6 Å². The highest BCUT2D eigenvalue weighted by atomic mass is 35.5. The Kier molecular flexibility index (Phi) is 3.90. The number of carbonyl (C=O) groups excluding carboxylic acids is 1. The standard InChI is InChI=1S/C14H13ClFNO2/c1-9(10-5-3-4-6-11(10)16)17(2)14(18)12-7-8-13(15)19-12/h3-9H,1-2H3. The van der Waals surface area contributed by atoms with E-state index in [2.05, 4.69) is 0 Å². The molecule has 2 rings (SSSR count). The Hall–Kier alpha value is -1.81. The van der Waals surface area contributed by atoms with Gasteiger partial charge < -0.3 is 9.32 Å². The van der Waals surface area contributed by atoms with Crippen LogP contribution >= 0.6 is 11.6 Å². The van der Waals surface area contributed by atoms with Crippen molar-refractivity contribution in [1.82, 2.24) is 4.90 Å². The van der Waals surface area contributed by atoms with Crippen LogP contribution in [0.3, 0.4) is 0 Å². The molecule has 1 aromatic carbocycles. The molecule has 0 saturated carbocycles. The first-order valence-electron chi connectivity index (χ1n) is 5.77. The third kappa shape index (κ3) is 2.79. The van der Waals surface area contributed by atoms with Gasteiger partial charge in [0.15, 0.2) is 11.0 Å². The average molecular weight is 282 g/mol. The van der Waals surface area contributed by atoms with Gasteiger partial charge in [-0.2, -0.15) is 0 Å². The van der Waals surface area contributed by atoms with Gasteiger partial charge in [-0.3, -0.25) is 4.79 Å². The van der Waals surface area contributed by atoms with Crippen LogP contribution in [0.25, 0.3) is 0 Å². The van der Waals surface area contributed by atoms with Crippen LogP contribution in [0.1, 0.15) is 29.1 Å². The molecule has 19 heavy (non-hydrogen) atoms. The Labute approximate surface area is 115 Å². The van der Waals surface area contributed by atoms with Crippen LogP contribution in [0.2, 0.25) is 5.22 Å². The summed E-state index contributed by atoms with van der Waals surface area (Å²) >= 11 is 5.63. The summed E-state index contributed by atoms with van der Waals surface area (Å²) in [6, 6.07) is 8.95. The Morgan fingerprint density at radius 3 is 2.58 bits per heavy atom. The molecule has 0 saturated heterocycles. The van der Waals surface area contributed by atoms with Gasteiger partial charge >= 0.3 is 0 Å². The number of halogens is 2. The van der Waals surface area contributed by atoms with Crippen LogP contribution in [0.4, 0.5) is 4.39 Å². The zero-order chi connectivity index (χ0) is 14.0. The molecule has 0 radical (unpaired) electrons. The summed E-state index contributed by atoms with van der Waals surface area (Å²) in [5, 5.41) is 0.148. The first-order valence-corrected chi connectivity index (χ1v) is 6.15. The predicted octanol–water partition coefficient (Wildman–Crippen LogP) is 3.91. The predicted molar refractivity (Wildman–Crippen MR) is 70.6 cm³/mol. The fourth-order valence-corrected chi connectivity index (χ4v) is 1.95. The molecule has 1 amide bonds. The van der Waals surface area contributed by atoms with Crippen molar-refractivity contribution in [3.05, 3.63) is 58.8 Å². The number of nitrogens with zero attached hydrogens (tertiary/aromatic N) is 1. The first-order chi connectivity index (χ1) is 9.00. The molecule has 0 aliphatic rings. The fraction of sp³-hybridized carbons (Fsp3) is 0.214. The Morgan fingerprint density at radius 2 is 2.00 bits per heavy atom. The first kappa shape index (κ1) is 13.6. The van der Waals surface area contributed by atoms with E-state index in [4.69, 9.17) is 16.0 Å². The van der Waals surface area contributed by atoms with Crippen molar-refractivity contribution in [1.29, 1.82) is 0 Å². The summed E-state index contributed by atoms with van der Waals surface area (Å²) in [4.78, 5) is 13.5. The van der Waals surface area contributed by atoms with E-state index in [-0.39, 0.29) is 22.7 Å². The highest BCUT2D eigenvalue weighted by molar-refractivity contribution is 6.29. The fourth-order valence-electron chi connectivity index (χ4n) is 1.80. The number of furan rings is 1. The van der Waals surface area contributed by atoms with E-state index < -0.39 is 6.04 Å². The molecular weight excluding hydrogens is 269 g/mol. The second kappa shape index (κ2) is 5.45. The van der Waals surface area contributed by atoms with Gasteiger partial charge in [0.25, 0.3) is 5.91 Å². The molecule has 100 valence electrons. The highest BCUT2D eigenvalue weighted by Crippen LogP contribution is 2.24. The van der Waals surface area contributed by atoms with Gasteiger partial charge in [-0.15, -0.1) is 0 Å². The maximum Gasteiger partial charge on any atom is 0.289 e. The van der Waals surface area contributed by atoms with Crippen LogP contribution < -0.4 is 0 Å². The molecular formula is C14H13ClFNO2. The minimum atomic E-state index is -0.405. The summed E-state index contributed by atoms with van der Waals surface area (Å²) < 4.78 is 18.8. The molecule has 0 bridgehead atoms. The second-order valence-electron chi connectivity index (χ2n) is 4.22. The van der Waals surface area contributed by atoms with Crippen molar-refractivity contribution in [3.8, 4) is 0 Å². The molecule has 1 unspecified atom stereocenters. The van der Waals surface area contributed by atoms with Crippen molar-refractivity contribution in [2.75, 3.05) is 7.05 Å². The van der Waals surface area contributed by atoms with Gasteiger partial charge in [0.05, 0.1) is 6.04 Å². The zero-order valence-electron chi connectivity index (χ0n) is 10.6. The van der Waals surface area contributed by atoms with Gasteiger partial charge in [-0.05, 0) is 36.7 Å². The van der Waals surface area contributed by atoms with Crippen LogP contribution in [0.5, 0.6) is 0 Å². The largest absolute Gasteiger partial charge is 0.440 e. The molecule has 0 spiro atoms. The van der Waals surface area contributed by atoms with E-state index in [1.54, 1.807) is 32.2 Å². The summed E-state index contributed by atoms with van der Waals surface area (Å²) in [6.45, 7) is 1.75. The van der Waals surface area contributed by atoms with E-state index in [0.717, 1.165) is 0 Å². The number of benzene rings is 1. The lowest BCUT2D eigenvalue weighted by atomic mass is 10.1. The highest BCUT2D eigenvalue weighted by Gasteiger charge is 2.23. The number of amides is 1. The molecule has 2 aromatic rings. The van der Waals surface area contributed by atoms with Crippen LogP contribution in [-0.2, 0) is 0 Å². The van der Waals surface area contributed by atoms with Crippen LogP contribution in [-0.4, -0.2) is 17.9 Å². The molecule has 1 atom stereocenters. The molecule has 0 aliphatic heterocycles. The molecule has 5 heteroatoms. The van der Waals surface area contributed by atoms with Gasteiger partial charge in [0.1, 0.15) is 5.82 Å². The summed E-state index contributed by atoms with van der Waals surface area (Å²) in [5.41, 5.74) is 0.455. The molecule has 3 nitrogen and oxygen atoms in total. The van der Waals surface area contributed by atoms with Crippen LogP contribution in [0.15, 0.2) is 40.8 Å². The number of hydrogen-bond donors (Lipinski definition) is 0. The third-order valence-corrected chi connectivity index (χ3v) is 3.24. The minimum absolute atomic E-state index is 0.135. The monoisotopic (exact) mass is 281 g/mol. The van der Waals surface area contributed by atoms with Crippen molar-refractivity contribution in [3.63, 3.8) is 0 Å². The SMILES string of the molecule is CC(c1ccccc1F)N(C)C(=O)c1ccc(Cl)o1. The molecule has 0 fully saturated rings. The van der Waals surface area contributed by atoms with E-state index in [1.807, 2.05) is 0 Å². The summed E-state index contributed by atoms with van der Waals surface area (Å²) in [7, 11) is 1.59. The van der Waals surface area contributed by atoms with Crippen molar-refractivity contribution in [2.45, 2.75) is 13.0 Å². The van der Waals surface area contributed by atoms with E-state index in [9.17, 15) is 9.18 Å². The molecule has 0 N–H and O–H groups in total. The topological polar surface area (TPSA) is 33.5 Å². The van der Waals surface area contributed by atoms with Gasteiger partial charge in [0.2, 0.25) is 0 Å². The quantitative estimate of drug-likeness (QED) is 0.855. The minimum Gasteiger partial charge on any atom is -0.440 e. The smallest absolute Gasteiger partial charge is 0.289 e. The Morgan fingerprint density at radius 1 is 1.32 bits per heavy atom. The number of hydrogen-bond acceptors (Lipinski definition) is 2. The Bertz CT molecular complexity index is 597.